The number of aromatic amines is 1. The van der Waals surface area contributed by atoms with Crippen LogP contribution in [-0.2, 0) is 4.79 Å². The standard InChI is InChI=1S/C11H10N4O/c1-7(2-3-11(12)16)9-4-8-5-14-15-10(8)6-13-9/h4-7H,1H3,(H2,12,16)(H,14,15). The van der Waals surface area contributed by atoms with Crippen molar-refractivity contribution in [2.45, 2.75) is 12.8 Å². The van der Waals surface area contributed by atoms with E-state index in [0.717, 1.165) is 16.6 Å². The quantitative estimate of drug-likeness (QED) is 0.680. The summed E-state index contributed by atoms with van der Waals surface area (Å²) in [6, 6.07) is 1.89. The topological polar surface area (TPSA) is 84.7 Å². The summed E-state index contributed by atoms with van der Waals surface area (Å²) in [4.78, 5) is 14.8. The Morgan fingerprint density at radius 2 is 2.38 bits per heavy atom. The van der Waals surface area contributed by atoms with Crippen LogP contribution in [0.1, 0.15) is 18.5 Å². The van der Waals surface area contributed by atoms with Crippen LogP contribution in [0.5, 0.6) is 0 Å². The molecule has 0 bridgehead atoms. The molecule has 2 aromatic heterocycles. The smallest absolute Gasteiger partial charge is 0.293 e. The van der Waals surface area contributed by atoms with Crippen molar-refractivity contribution in [1.29, 1.82) is 0 Å². The van der Waals surface area contributed by atoms with Crippen molar-refractivity contribution in [3.63, 3.8) is 0 Å². The first kappa shape index (κ1) is 10.2. The number of carbonyl (C=O) groups is 1. The Balaban J connectivity index is 2.33. The van der Waals surface area contributed by atoms with Gasteiger partial charge in [-0.1, -0.05) is 5.92 Å². The van der Waals surface area contributed by atoms with Crippen LogP contribution in [0.15, 0.2) is 18.5 Å². The molecule has 2 rings (SSSR count). The van der Waals surface area contributed by atoms with Crippen LogP contribution in [0.3, 0.4) is 0 Å². The summed E-state index contributed by atoms with van der Waals surface area (Å²) < 4.78 is 0. The highest BCUT2D eigenvalue weighted by molar-refractivity contribution is 5.92. The second-order valence-electron chi connectivity index (χ2n) is 3.42. The molecule has 5 nitrogen and oxygen atoms in total. The molecule has 1 atom stereocenters. The third-order valence-electron chi connectivity index (χ3n) is 2.20. The summed E-state index contributed by atoms with van der Waals surface area (Å²) in [7, 11) is 0. The van der Waals surface area contributed by atoms with Gasteiger partial charge >= 0.3 is 0 Å². The predicted octanol–water partition coefficient (Wildman–Crippen LogP) is 0.550. The zero-order chi connectivity index (χ0) is 11.5. The van der Waals surface area contributed by atoms with E-state index < -0.39 is 5.91 Å². The maximum Gasteiger partial charge on any atom is 0.293 e. The van der Waals surface area contributed by atoms with Crippen molar-refractivity contribution in [2.75, 3.05) is 0 Å². The van der Waals surface area contributed by atoms with E-state index in [2.05, 4.69) is 27.0 Å². The van der Waals surface area contributed by atoms with Gasteiger partial charge in [0.25, 0.3) is 5.91 Å². The van der Waals surface area contributed by atoms with Gasteiger partial charge in [0, 0.05) is 5.39 Å². The van der Waals surface area contributed by atoms with Gasteiger partial charge in [0.05, 0.1) is 29.5 Å². The molecular formula is C11H10N4O. The lowest BCUT2D eigenvalue weighted by Crippen LogP contribution is -2.07. The molecule has 0 spiro atoms. The second-order valence-corrected chi connectivity index (χ2v) is 3.42. The van der Waals surface area contributed by atoms with E-state index in [0.29, 0.717) is 0 Å². The number of fused-ring (bicyclic) bond motifs is 1. The Bertz CT molecular complexity index is 591. The number of hydrogen-bond donors (Lipinski definition) is 2. The number of nitrogens with zero attached hydrogens (tertiary/aromatic N) is 2. The number of nitrogens with two attached hydrogens (primary N) is 1. The summed E-state index contributed by atoms with van der Waals surface area (Å²) in [6.45, 7) is 1.87. The van der Waals surface area contributed by atoms with E-state index in [9.17, 15) is 4.79 Å². The Morgan fingerprint density at radius 1 is 1.56 bits per heavy atom. The summed E-state index contributed by atoms with van der Waals surface area (Å²) >= 11 is 0. The van der Waals surface area contributed by atoms with E-state index in [1.54, 1.807) is 12.4 Å². The Labute approximate surface area is 92.1 Å². The van der Waals surface area contributed by atoms with Crippen molar-refractivity contribution in [1.82, 2.24) is 15.2 Å². The summed E-state index contributed by atoms with van der Waals surface area (Å²) in [6.07, 6.45) is 3.41. The lowest BCUT2D eigenvalue weighted by molar-refractivity contribution is -0.112. The molecule has 5 heteroatoms. The zero-order valence-corrected chi connectivity index (χ0v) is 8.69. The highest BCUT2D eigenvalue weighted by atomic mass is 16.1. The molecule has 16 heavy (non-hydrogen) atoms. The van der Waals surface area contributed by atoms with E-state index in [1.165, 1.54) is 0 Å². The molecule has 1 unspecified atom stereocenters. The molecule has 1 amide bonds. The van der Waals surface area contributed by atoms with Gasteiger partial charge in [0.2, 0.25) is 0 Å². The summed E-state index contributed by atoms with van der Waals surface area (Å²) in [5, 5.41) is 7.68. The van der Waals surface area contributed by atoms with E-state index in [-0.39, 0.29) is 5.92 Å². The van der Waals surface area contributed by atoms with Crippen LogP contribution in [-0.4, -0.2) is 21.1 Å². The first-order valence-electron chi connectivity index (χ1n) is 4.77. The van der Waals surface area contributed by atoms with Crippen LogP contribution in [0.2, 0.25) is 0 Å². The first-order chi connectivity index (χ1) is 7.66. The van der Waals surface area contributed by atoms with Gasteiger partial charge in [-0.3, -0.25) is 14.9 Å². The minimum Gasteiger partial charge on any atom is -0.359 e. The second kappa shape index (κ2) is 4.03. The molecule has 0 aliphatic rings. The number of pyridine rings is 1. The van der Waals surface area contributed by atoms with Crippen LogP contribution >= 0.6 is 0 Å². The minimum absolute atomic E-state index is 0.133. The van der Waals surface area contributed by atoms with Gasteiger partial charge < -0.3 is 5.73 Å². The molecule has 2 aromatic rings. The number of carbonyl (C=O) groups excluding carboxylic acids is 1. The van der Waals surface area contributed by atoms with Crippen molar-refractivity contribution in [2.24, 2.45) is 5.73 Å². The number of aromatic nitrogens is 3. The molecule has 0 aliphatic carbocycles. The third-order valence-corrected chi connectivity index (χ3v) is 2.20. The van der Waals surface area contributed by atoms with E-state index in [4.69, 9.17) is 5.73 Å². The number of primary amides is 1. The highest BCUT2D eigenvalue weighted by Gasteiger charge is 2.05. The number of nitrogens with one attached hydrogen (secondary N) is 1. The number of hydrogen-bond acceptors (Lipinski definition) is 3. The van der Waals surface area contributed by atoms with Crippen LogP contribution in [0.25, 0.3) is 10.9 Å². The van der Waals surface area contributed by atoms with Crippen molar-refractivity contribution >= 4 is 16.8 Å². The summed E-state index contributed by atoms with van der Waals surface area (Å²) in [5.74, 6) is 4.29. The lowest BCUT2D eigenvalue weighted by Gasteiger charge is -2.02. The van der Waals surface area contributed by atoms with E-state index in [1.807, 2.05) is 13.0 Å². The lowest BCUT2D eigenvalue weighted by atomic mass is 10.1. The van der Waals surface area contributed by atoms with Crippen molar-refractivity contribution in [3.05, 3.63) is 24.2 Å². The molecule has 3 N–H and O–H groups in total. The average Bonchev–Trinajstić information content (AvgIpc) is 2.72. The third kappa shape index (κ3) is 2.01. The predicted molar refractivity (Wildman–Crippen MR) is 59.3 cm³/mol. The Hall–Kier alpha value is -2.35. The van der Waals surface area contributed by atoms with Gasteiger partial charge in [0.1, 0.15) is 0 Å². The van der Waals surface area contributed by atoms with Gasteiger partial charge in [-0.05, 0) is 18.9 Å². The fourth-order valence-corrected chi connectivity index (χ4v) is 1.35. The van der Waals surface area contributed by atoms with Gasteiger partial charge in [0.15, 0.2) is 0 Å². The highest BCUT2D eigenvalue weighted by Crippen LogP contribution is 2.16. The fourth-order valence-electron chi connectivity index (χ4n) is 1.35. The minimum atomic E-state index is -0.628. The normalized spacial score (nSPS) is 11.8. The maximum absolute atomic E-state index is 10.5. The Morgan fingerprint density at radius 3 is 3.12 bits per heavy atom. The average molecular weight is 214 g/mol. The maximum atomic E-state index is 10.5. The molecule has 0 saturated carbocycles. The SMILES string of the molecule is CC(C#CC(N)=O)c1cc2cn[nH]c2cn1. The number of amides is 1. The van der Waals surface area contributed by atoms with Crippen molar-refractivity contribution in [3.8, 4) is 11.8 Å². The van der Waals surface area contributed by atoms with Crippen LogP contribution in [0.4, 0.5) is 0 Å². The molecular weight excluding hydrogens is 204 g/mol. The molecule has 0 aliphatic heterocycles. The molecule has 0 fully saturated rings. The van der Waals surface area contributed by atoms with Gasteiger partial charge in [-0.25, -0.2) is 0 Å². The van der Waals surface area contributed by atoms with Gasteiger partial charge in [-0.2, -0.15) is 5.10 Å². The van der Waals surface area contributed by atoms with Crippen molar-refractivity contribution < 1.29 is 4.79 Å². The molecule has 0 saturated heterocycles. The summed E-state index contributed by atoms with van der Waals surface area (Å²) in [5.41, 5.74) is 6.61. The molecule has 80 valence electrons. The Kier molecular flexibility index (Phi) is 2.56. The first-order valence-corrected chi connectivity index (χ1v) is 4.77. The number of H-pyrrole nitrogens is 1. The van der Waals surface area contributed by atoms with E-state index >= 15 is 0 Å². The molecule has 2 heterocycles. The fraction of sp³-hybridized carbons (Fsp3) is 0.182. The van der Waals surface area contributed by atoms with Crippen LogP contribution < -0.4 is 5.73 Å². The zero-order valence-electron chi connectivity index (χ0n) is 8.69. The van der Waals surface area contributed by atoms with Gasteiger partial charge in [-0.15, -0.1) is 0 Å². The monoisotopic (exact) mass is 214 g/mol. The molecule has 0 radical (unpaired) electrons. The number of rotatable bonds is 1. The largest absolute Gasteiger partial charge is 0.359 e. The molecule has 0 aromatic carbocycles. The van der Waals surface area contributed by atoms with Crippen LogP contribution in [0, 0.1) is 11.8 Å².